The first-order chi connectivity index (χ1) is 9.51. The van der Waals surface area contributed by atoms with Gasteiger partial charge in [0.05, 0.1) is 9.26 Å². The van der Waals surface area contributed by atoms with Crippen molar-refractivity contribution in [3.05, 3.63) is 33.2 Å². The highest BCUT2D eigenvalue weighted by Gasteiger charge is 2.14. The van der Waals surface area contributed by atoms with Gasteiger partial charge in [-0.05, 0) is 54.0 Å². The van der Waals surface area contributed by atoms with E-state index in [0.717, 1.165) is 32.9 Å². The maximum Gasteiger partial charge on any atom is 0.180 e. The Kier molecular flexibility index (Phi) is 4.91. The second-order valence-electron chi connectivity index (χ2n) is 5.17. The molecule has 1 N–H and O–H groups in total. The molecule has 2 heterocycles. The molecular formula is C15H19IN4. The van der Waals surface area contributed by atoms with Crippen molar-refractivity contribution in [3.63, 3.8) is 0 Å². The Morgan fingerprint density at radius 1 is 1.20 bits per heavy atom. The van der Waals surface area contributed by atoms with Gasteiger partial charge in [-0.1, -0.05) is 19.9 Å². The Bertz CT molecular complexity index is 611. The summed E-state index contributed by atoms with van der Waals surface area (Å²) in [6.07, 6.45) is 0.939. The van der Waals surface area contributed by atoms with Crippen LogP contribution in [0.15, 0.2) is 18.2 Å². The van der Waals surface area contributed by atoms with Gasteiger partial charge in [-0.2, -0.15) is 0 Å². The van der Waals surface area contributed by atoms with Gasteiger partial charge < -0.3 is 5.32 Å². The molecule has 0 aliphatic rings. The summed E-state index contributed by atoms with van der Waals surface area (Å²) in [7, 11) is 1.89. The van der Waals surface area contributed by atoms with Gasteiger partial charge in [-0.3, -0.25) is 0 Å². The van der Waals surface area contributed by atoms with Crippen LogP contribution >= 0.6 is 22.6 Å². The molecule has 5 heteroatoms. The van der Waals surface area contributed by atoms with Crippen LogP contribution in [0.3, 0.4) is 0 Å². The molecule has 106 valence electrons. The number of anilines is 1. The van der Waals surface area contributed by atoms with E-state index in [-0.39, 0.29) is 0 Å². The third-order valence-electron chi connectivity index (χ3n) is 2.88. The lowest BCUT2D eigenvalue weighted by atomic mass is 10.1. The van der Waals surface area contributed by atoms with Crippen molar-refractivity contribution < 1.29 is 0 Å². The summed E-state index contributed by atoms with van der Waals surface area (Å²) in [4.78, 5) is 13.8. The number of aromatic nitrogens is 3. The van der Waals surface area contributed by atoms with Crippen LogP contribution in [0.2, 0.25) is 0 Å². The first-order valence-electron chi connectivity index (χ1n) is 6.69. The number of pyridine rings is 1. The third kappa shape index (κ3) is 3.45. The maximum atomic E-state index is 4.71. The van der Waals surface area contributed by atoms with Crippen LogP contribution in [0, 0.1) is 16.4 Å². The molecule has 0 aliphatic carbocycles. The number of hydrogen-bond donors (Lipinski definition) is 1. The normalized spacial score (nSPS) is 10.9. The Morgan fingerprint density at radius 2 is 1.95 bits per heavy atom. The van der Waals surface area contributed by atoms with E-state index in [1.807, 2.05) is 32.2 Å². The van der Waals surface area contributed by atoms with E-state index >= 15 is 0 Å². The molecule has 0 fully saturated rings. The average Bonchev–Trinajstić information content (AvgIpc) is 2.40. The minimum absolute atomic E-state index is 0.557. The zero-order valence-electron chi connectivity index (χ0n) is 12.2. The lowest BCUT2D eigenvalue weighted by Crippen LogP contribution is -2.08. The predicted octanol–water partition coefficient (Wildman–Crippen LogP) is 3.69. The fraction of sp³-hybridized carbons (Fsp3) is 0.400. The van der Waals surface area contributed by atoms with Gasteiger partial charge in [0, 0.05) is 12.7 Å². The molecule has 0 unspecified atom stereocenters. The molecule has 0 saturated heterocycles. The topological polar surface area (TPSA) is 50.7 Å². The molecule has 0 atom stereocenters. The van der Waals surface area contributed by atoms with E-state index in [2.05, 4.69) is 51.7 Å². The van der Waals surface area contributed by atoms with Gasteiger partial charge >= 0.3 is 0 Å². The molecule has 2 rings (SSSR count). The number of rotatable bonds is 4. The van der Waals surface area contributed by atoms with E-state index in [4.69, 9.17) is 4.98 Å². The quantitative estimate of drug-likeness (QED) is 0.820. The Balaban J connectivity index is 2.53. The van der Waals surface area contributed by atoms with Crippen molar-refractivity contribution in [1.82, 2.24) is 15.0 Å². The lowest BCUT2D eigenvalue weighted by molar-refractivity contribution is 0.632. The van der Waals surface area contributed by atoms with Crippen LogP contribution in [0.5, 0.6) is 0 Å². The molecule has 0 bridgehead atoms. The highest BCUT2D eigenvalue weighted by atomic mass is 127. The van der Waals surface area contributed by atoms with Crippen molar-refractivity contribution in [2.75, 3.05) is 12.4 Å². The van der Waals surface area contributed by atoms with E-state index in [1.165, 1.54) is 0 Å². The monoisotopic (exact) mass is 382 g/mol. The van der Waals surface area contributed by atoms with Gasteiger partial charge in [0.2, 0.25) is 0 Å². The number of nitrogens with one attached hydrogen (secondary N) is 1. The van der Waals surface area contributed by atoms with Gasteiger partial charge in [-0.15, -0.1) is 0 Å². The van der Waals surface area contributed by atoms with Crippen molar-refractivity contribution in [3.8, 4) is 11.5 Å². The summed E-state index contributed by atoms with van der Waals surface area (Å²) in [5, 5.41) is 3.15. The van der Waals surface area contributed by atoms with Gasteiger partial charge in [0.1, 0.15) is 11.5 Å². The van der Waals surface area contributed by atoms with Crippen LogP contribution in [-0.2, 0) is 6.42 Å². The minimum atomic E-state index is 0.557. The van der Waals surface area contributed by atoms with Crippen LogP contribution in [0.4, 0.5) is 5.82 Å². The molecule has 2 aromatic heterocycles. The first-order valence-corrected chi connectivity index (χ1v) is 7.77. The van der Waals surface area contributed by atoms with Crippen molar-refractivity contribution in [1.29, 1.82) is 0 Å². The Labute approximate surface area is 133 Å². The van der Waals surface area contributed by atoms with Crippen LogP contribution in [0.25, 0.3) is 11.5 Å². The second-order valence-corrected chi connectivity index (χ2v) is 6.25. The number of hydrogen-bond acceptors (Lipinski definition) is 4. The zero-order chi connectivity index (χ0) is 14.7. The highest BCUT2D eigenvalue weighted by molar-refractivity contribution is 14.1. The van der Waals surface area contributed by atoms with E-state index < -0.39 is 0 Å². The highest BCUT2D eigenvalue weighted by Crippen LogP contribution is 2.24. The van der Waals surface area contributed by atoms with Crippen molar-refractivity contribution >= 4 is 28.4 Å². The van der Waals surface area contributed by atoms with Crippen LogP contribution < -0.4 is 5.32 Å². The molecule has 20 heavy (non-hydrogen) atoms. The molecular weight excluding hydrogens is 363 g/mol. The fourth-order valence-corrected chi connectivity index (χ4v) is 2.69. The van der Waals surface area contributed by atoms with Gasteiger partial charge in [0.25, 0.3) is 0 Å². The molecule has 0 aromatic carbocycles. The molecule has 2 aromatic rings. The Morgan fingerprint density at radius 3 is 2.55 bits per heavy atom. The average molecular weight is 382 g/mol. The molecule has 0 spiro atoms. The summed E-state index contributed by atoms with van der Waals surface area (Å²) in [5.41, 5.74) is 2.88. The molecule has 0 aliphatic heterocycles. The molecule has 0 radical (unpaired) electrons. The fourth-order valence-electron chi connectivity index (χ4n) is 1.96. The third-order valence-corrected chi connectivity index (χ3v) is 4.01. The summed E-state index contributed by atoms with van der Waals surface area (Å²) < 4.78 is 1.09. The largest absolute Gasteiger partial charge is 0.372 e. The smallest absolute Gasteiger partial charge is 0.180 e. The first kappa shape index (κ1) is 15.2. The summed E-state index contributed by atoms with van der Waals surface area (Å²) in [5.74, 6) is 2.12. The lowest BCUT2D eigenvalue weighted by Gasteiger charge is -2.12. The Hall–Kier alpha value is -1.24. The summed E-state index contributed by atoms with van der Waals surface area (Å²) in [6.45, 7) is 6.37. The minimum Gasteiger partial charge on any atom is -0.372 e. The van der Waals surface area contributed by atoms with E-state index in [0.29, 0.717) is 11.7 Å². The van der Waals surface area contributed by atoms with Crippen LogP contribution in [-0.4, -0.2) is 22.0 Å². The predicted molar refractivity (Wildman–Crippen MR) is 90.8 cm³/mol. The van der Waals surface area contributed by atoms with Gasteiger partial charge in [-0.25, -0.2) is 15.0 Å². The number of halogens is 1. The maximum absolute atomic E-state index is 4.71. The molecule has 0 amide bonds. The van der Waals surface area contributed by atoms with Crippen molar-refractivity contribution in [2.24, 2.45) is 5.92 Å². The van der Waals surface area contributed by atoms with Crippen molar-refractivity contribution in [2.45, 2.75) is 27.2 Å². The SMILES string of the molecule is CNc1nc(-c2cccc(C)n2)nc(CC(C)C)c1I. The molecule has 4 nitrogen and oxygen atoms in total. The van der Waals surface area contributed by atoms with E-state index in [1.54, 1.807) is 0 Å². The molecule has 0 saturated carbocycles. The summed E-state index contributed by atoms with van der Waals surface area (Å²) >= 11 is 2.31. The van der Waals surface area contributed by atoms with E-state index in [9.17, 15) is 0 Å². The second kappa shape index (κ2) is 6.47. The number of nitrogens with zero attached hydrogens (tertiary/aromatic N) is 3. The summed E-state index contributed by atoms with van der Waals surface area (Å²) in [6, 6.07) is 5.91. The zero-order valence-corrected chi connectivity index (χ0v) is 14.4. The van der Waals surface area contributed by atoms with Crippen LogP contribution in [0.1, 0.15) is 25.2 Å². The van der Waals surface area contributed by atoms with Gasteiger partial charge in [0.15, 0.2) is 5.82 Å². The standard InChI is InChI=1S/C15H19IN4/c1-9(2)8-12-13(16)15(17-4)20-14(19-12)11-7-5-6-10(3)18-11/h5-7,9H,8H2,1-4H3,(H,17,19,20). The number of aryl methyl sites for hydroxylation is 1.